The van der Waals surface area contributed by atoms with Gasteiger partial charge in [-0.1, -0.05) is 30.7 Å². The van der Waals surface area contributed by atoms with Crippen LogP contribution in [0.1, 0.15) is 47.3 Å². The predicted molar refractivity (Wildman–Crippen MR) is 111 cm³/mol. The van der Waals surface area contributed by atoms with Crippen molar-refractivity contribution in [1.82, 2.24) is 5.32 Å². The first-order valence-electron chi connectivity index (χ1n) is 9.33. The number of anilines is 1. The van der Waals surface area contributed by atoms with Crippen LogP contribution in [0.5, 0.6) is 0 Å². The highest BCUT2D eigenvalue weighted by Gasteiger charge is 2.26. The molecule has 1 aliphatic rings. The lowest BCUT2D eigenvalue weighted by molar-refractivity contribution is -0.116. The number of amides is 2. The van der Waals surface area contributed by atoms with E-state index in [1.54, 1.807) is 0 Å². The largest absolute Gasteiger partial charge is 0.350 e. The van der Waals surface area contributed by atoms with Crippen LogP contribution in [-0.2, 0) is 11.3 Å². The second-order valence-corrected chi connectivity index (χ2v) is 8.18. The van der Waals surface area contributed by atoms with Gasteiger partial charge in [-0.2, -0.15) is 0 Å². The van der Waals surface area contributed by atoms with Crippen LogP contribution in [0.15, 0.2) is 41.3 Å². The number of thioether (sulfide) groups is 1. The predicted octanol–water partition coefficient (Wildman–Crippen LogP) is 4.47. The van der Waals surface area contributed by atoms with Crippen molar-refractivity contribution >= 4 is 29.3 Å². The van der Waals surface area contributed by atoms with Gasteiger partial charge in [0, 0.05) is 16.5 Å². The topological polar surface area (TPSA) is 49.4 Å². The van der Waals surface area contributed by atoms with Crippen molar-refractivity contribution in [2.45, 2.75) is 51.6 Å². The van der Waals surface area contributed by atoms with E-state index in [2.05, 4.69) is 37.4 Å². The van der Waals surface area contributed by atoms with Gasteiger partial charge in [-0.3, -0.25) is 9.59 Å². The molecule has 0 bridgehead atoms. The number of aryl methyl sites for hydroxylation is 2. The number of nitrogens with one attached hydrogen (secondary N) is 1. The van der Waals surface area contributed by atoms with Crippen molar-refractivity contribution in [3.8, 4) is 0 Å². The van der Waals surface area contributed by atoms with E-state index in [0.29, 0.717) is 17.9 Å². The van der Waals surface area contributed by atoms with E-state index < -0.39 is 0 Å². The summed E-state index contributed by atoms with van der Waals surface area (Å²) in [6, 6.07) is 12.1. The smallest absolute Gasteiger partial charge is 0.251 e. The van der Waals surface area contributed by atoms with Crippen LogP contribution in [-0.4, -0.2) is 23.6 Å². The Hall–Kier alpha value is -2.27. The lowest BCUT2D eigenvalue weighted by Crippen LogP contribution is -2.36. The molecule has 4 nitrogen and oxygen atoms in total. The molecule has 142 valence electrons. The van der Waals surface area contributed by atoms with E-state index in [1.807, 2.05) is 36.9 Å². The minimum atomic E-state index is -0.0955. The average molecular weight is 383 g/mol. The Kier molecular flexibility index (Phi) is 5.90. The Morgan fingerprint density at radius 2 is 2.00 bits per heavy atom. The lowest BCUT2D eigenvalue weighted by Gasteiger charge is -2.30. The zero-order valence-corrected chi connectivity index (χ0v) is 17.2. The minimum Gasteiger partial charge on any atom is -0.350 e. The molecule has 27 heavy (non-hydrogen) atoms. The first kappa shape index (κ1) is 19.5. The number of benzene rings is 2. The van der Waals surface area contributed by atoms with Crippen LogP contribution in [0.25, 0.3) is 0 Å². The highest BCUT2D eigenvalue weighted by Crippen LogP contribution is 2.37. The summed E-state index contributed by atoms with van der Waals surface area (Å²) in [4.78, 5) is 28.0. The summed E-state index contributed by atoms with van der Waals surface area (Å²) in [6.07, 6.45) is 0.879. The molecule has 2 aromatic carbocycles. The molecule has 0 spiro atoms. The molecular formula is C22H26N2O2S. The van der Waals surface area contributed by atoms with Gasteiger partial charge in [0.25, 0.3) is 5.91 Å². The number of nitrogens with zero attached hydrogens (tertiary/aromatic N) is 1. The Labute approximate surface area is 165 Å². The Morgan fingerprint density at radius 3 is 2.74 bits per heavy atom. The quantitative estimate of drug-likeness (QED) is 0.830. The average Bonchev–Trinajstić information content (AvgIpc) is 2.66. The fraction of sp³-hybridized carbons (Fsp3) is 0.364. The van der Waals surface area contributed by atoms with Crippen molar-refractivity contribution in [2.75, 3.05) is 10.7 Å². The third-order valence-corrected chi connectivity index (χ3v) is 6.03. The number of carbonyl (C=O) groups is 2. The van der Waals surface area contributed by atoms with Gasteiger partial charge >= 0.3 is 0 Å². The van der Waals surface area contributed by atoms with Gasteiger partial charge in [0.05, 0.1) is 18.0 Å². The number of carbonyl (C=O) groups excluding carboxylic acids is 2. The van der Waals surface area contributed by atoms with E-state index in [4.69, 9.17) is 0 Å². The van der Waals surface area contributed by atoms with E-state index in [0.717, 1.165) is 22.6 Å². The molecular weight excluding hydrogens is 356 g/mol. The third-order valence-electron chi connectivity index (χ3n) is 4.99. The van der Waals surface area contributed by atoms with E-state index in [-0.39, 0.29) is 17.9 Å². The van der Waals surface area contributed by atoms with Crippen molar-refractivity contribution in [3.05, 3.63) is 58.7 Å². The molecule has 2 aromatic rings. The van der Waals surface area contributed by atoms with Crippen LogP contribution in [0.4, 0.5) is 5.69 Å². The van der Waals surface area contributed by atoms with E-state index in [1.165, 1.54) is 22.9 Å². The van der Waals surface area contributed by atoms with Crippen LogP contribution < -0.4 is 10.2 Å². The summed E-state index contributed by atoms with van der Waals surface area (Å²) in [5.74, 6) is 0.408. The van der Waals surface area contributed by atoms with Crippen LogP contribution in [0.2, 0.25) is 0 Å². The molecule has 1 N–H and O–H groups in total. The number of fused-ring (bicyclic) bond motifs is 1. The Morgan fingerprint density at radius 1 is 1.22 bits per heavy atom. The lowest BCUT2D eigenvalue weighted by atomic mass is 10.0. The molecule has 5 heteroatoms. The number of rotatable bonds is 5. The molecule has 0 fully saturated rings. The van der Waals surface area contributed by atoms with Crippen LogP contribution in [0, 0.1) is 13.8 Å². The van der Waals surface area contributed by atoms with Gasteiger partial charge in [0.15, 0.2) is 0 Å². The van der Waals surface area contributed by atoms with Crippen LogP contribution in [0.3, 0.4) is 0 Å². The molecule has 0 aromatic heterocycles. The van der Waals surface area contributed by atoms with E-state index in [9.17, 15) is 9.59 Å². The number of hydrogen-bond donors (Lipinski definition) is 1. The van der Waals surface area contributed by atoms with Gasteiger partial charge in [0.2, 0.25) is 5.91 Å². The highest BCUT2D eigenvalue weighted by atomic mass is 32.2. The molecule has 0 saturated carbocycles. The van der Waals surface area contributed by atoms with Gasteiger partial charge in [-0.05, 0) is 56.5 Å². The summed E-state index contributed by atoms with van der Waals surface area (Å²) >= 11 is 1.53. The zero-order chi connectivity index (χ0) is 19.6. The zero-order valence-electron chi connectivity index (χ0n) is 16.3. The summed E-state index contributed by atoms with van der Waals surface area (Å²) in [7, 11) is 0. The molecule has 1 heterocycles. The van der Waals surface area contributed by atoms with Gasteiger partial charge in [0.1, 0.15) is 0 Å². The maximum atomic E-state index is 12.7. The van der Waals surface area contributed by atoms with Gasteiger partial charge < -0.3 is 10.2 Å². The van der Waals surface area contributed by atoms with Gasteiger partial charge in [-0.25, -0.2) is 0 Å². The molecule has 0 saturated heterocycles. The summed E-state index contributed by atoms with van der Waals surface area (Å²) in [6.45, 7) is 8.68. The first-order chi connectivity index (χ1) is 12.9. The fourth-order valence-electron chi connectivity index (χ4n) is 3.07. The Balaban J connectivity index is 1.93. The molecule has 1 aliphatic heterocycles. The summed E-state index contributed by atoms with van der Waals surface area (Å²) in [5.41, 5.74) is 4.90. The minimum absolute atomic E-state index is 0.0768. The van der Waals surface area contributed by atoms with Crippen LogP contribution >= 0.6 is 11.8 Å². The summed E-state index contributed by atoms with van der Waals surface area (Å²) < 4.78 is 0. The molecule has 0 aliphatic carbocycles. The summed E-state index contributed by atoms with van der Waals surface area (Å²) in [5, 5.41) is 3.00. The molecule has 1 atom stereocenters. The van der Waals surface area contributed by atoms with E-state index >= 15 is 0 Å². The second kappa shape index (κ2) is 8.17. The maximum Gasteiger partial charge on any atom is 0.251 e. The van der Waals surface area contributed by atoms with Crippen molar-refractivity contribution in [1.29, 1.82) is 0 Å². The SMILES string of the molecule is CCC(C)NC(=O)c1ccc2c(c1)N(Cc1cc(C)ccc1C)C(=O)CS2. The van der Waals surface area contributed by atoms with Gasteiger partial charge in [-0.15, -0.1) is 11.8 Å². The molecule has 0 radical (unpaired) electrons. The third kappa shape index (κ3) is 4.35. The molecule has 3 rings (SSSR count). The highest BCUT2D eigenvalue weighted by molar-refractivity contribution is 8.00. The van der Waals surface area contributed by atoms with Crippen molar-refractivity contribution in [2.24, 2.45) is 0 Å². The normalized spacial score (nSPS) is 14.7. The standard InChI is InChI=1S/C22H26N2O2S/c1-5-16(4)23-22(26)17-8-9-20-19(11-17)24(21(25)13-27-20)12-18-10-14(2)6-7-15(18)3/h6-11,16H,5,12-13H2,1-4H3,(H,23,26). The Bertz CT molecular complexity index is 879. The molecule has 1 unspecified atom stereocenters. The fourth-order valence-corrected chi connectivity index (χ4v) is 3.98. The van der Waals surface area contributed by atoms with Crippen molar-refractivity contribution in [3.63, 3.8) is 0 Å². The number of hydrogen-bond acceptors (Lipinski definition) is 3. The first-order valence-corrected chi connectivity index (χ1v) is 10.3. The molecule has 2 amide bonds. The second-order valence-electron chi connectivity index (χ2n) is 7.16. The maximum absolute atomic E-state index is 12.7. The van der Waals surface area contributed by atoms with Crippen molar-refractivity contribution < 1.29 is 9.59 Å². The monoisotopic (exact) mass is 382 g/mol.